The zero-order valence-electron chi connectivity index (χ0n) is 9.02. The molecule has 5 nitrogen and oxygen atoms in total. The Hall–Kier alpha value is -1.14. The van der Waals surface area contributed by atoms with Crippen LogP contribution in [0, 0.1) is 10.1 Å². The molecule has 1 rings (SSSR count). The van der Waals surface area contributed by atoms with Crippen LogP contribution in [0.3, 0.4) is 0 Å². The Kier molecular flexibility index (Phi) is 4.70. The number of hydrogen-bond donors (Lipinski definition) is 1. The molecule has 0 aliphatic carbocycles. The first-order chi connectivity index (χ1) is 7.60. The second-order valence-electron chi connectivity index (χ2n) is 3.26. The fourth-order valence-corrected chi connectivity index (χ4v) is 2.09. The molecule has 1 aromatic rings. The molecule has 0 amide bonds. The first kappa shape index (κ1) is 12.9. The molecule has 0 spiro atoms. The van der Waals surface area contributed by atoms with E-state index < -0.39 is 4.92 Å². The van der Waals surface area contributed by atoms with Crippen molar-refractivity contribution in [1.82, 2.24) is 0 Å². The van der Waals surface area contributed by atoms with Crippen LogP contribution >= 0.6 is 15.9 Å². The summed E-state index contributed by atoms with van der Waals surface area (Å²) >= 11 is 3.34. The first-order valence-electron chi connectivity index (χ1n) is 4.99. The Labute approximate surface area is 103 Å². The molecular formula is C10H14BrN3O2. The Morgan fingerprint density at radius 1 is 1.56 bits per heavy atom. The Morgan fingerprint density at radius 2 is 2.25 bits per heavy atom. The normalized spacial score (nSPS) is 10.2. The van der Waals surface area contributed by atoms with Crippen molar-refractivity contribution in [1.29, 1.82) is 0 Å². The summed E-state index contributed by atoms with van der Waals surface area (Å²) in [4.78, 5) is 12.2. The van der Waals surface area contributed by atoms with Crippen LogP contribution in [-0.2, 0) is 0 Å². The number of benzene rings is 1. The molecule has 0 saturated carbocycles. The van der Waals surface area contributed by atoms with Gasteiger partial charge in [-0.05, 0) is 28.9 Å². The van der Waals surface area contributed by atoms with E-state index in [1.54, 1.807) is 6.07 Å². The molecule has 16 heavy (non-hydrogen) atoms. The predicted octanol–water partition coefficient (Wildman–Crippen LogP) is 2.14. The van der Waals surface area contributed by atoms with Crippen LogP contribution in [-0.4, -0.2) is 24.6 Å². The van der Waals surface area contributed by atoms with Gasteiger partial charge >= 0.3 is 0 Å². The van der Waals surface area contributed by atoms with E-state index in [0.717, 1.165) is 23.2 Å². The standard InChI is InChI=1S/C10H14BrN3O2/c1-2-13(6-5-12)10-4-3-8(14(15)16)7-9(10)11/h3-4,7H,2,5-6,12H2,1H3. The summed E-state index contributed by atoms with van der Waals surface area (Å²) in [6, 6.07) is 4.75. The largest absolute Gasteiger partial charge is 0.370 e. The van der Waals surface area contributed by atoms with Crippen molar-refractivity contribution in [3.8, 4) is 0 Å². The van der Waals surface area contributed by atoms with Gasteiger partial charge in [0, 0.05) is 36.2 Å². The highest BCUT2D eigenvalue weighted by atomic mass is 79.9. The number of hydrogen-bond acceptors (Lipinski definition) is 4. The van der Waals surface area contributed by atoms with E-state index in [4.69, 9.17) is 5.73 Å². The zero-order valence-corrected chi connectivity index (χ0v) is 10.6. The molecule has 0 fully saturated rings. The molecule has 0 heterocycles. The number of non-ortho nitro benzene ring substituents is 1. The topological polar surface area (TPSA) is 72.4 Å². The van der Waals surface area contributed by atoms with Crippen molar-refractivity contribution >= 4 is 27.3 Å². The number of rotatable bonds is 5. The highest BCUT2D eigenvalue weighted by Gasteiger charge is 2.12. The molecule has 88 valence electrons. The maximum atomic E-state index is 10.6. The van der Waals surface area contributed by atoms with Crippen LogP contribution in [0.1, 0.15) is 6.92 Å². The molecule has 6 heteroatoms. The molecule has 0 radical (unpaired) electrons. The maximum absolute atomic E-state index is 10.6. The van der Waals surface area contributed by atoms with Gasteiger partial charge in [-0.25, -0.2) is 0 Å². The smallest absolute Gasteiger partial charge is 0.270 e. The van der Waals surface area contributed by atoms with Crippen LogP contribution in [0.15, 0.2) is 22.7 Å². The van der Waals surface area contributed by atoms with Crippen molar-refractivity contribution in [3.63, 3.8) is 0 Å². The van der Waals surface area contributed by atoms with Gasteiger partial charge in [-0.3, -0.25) is 10.1 Å². The molecule has 0 atom stereocenters. The minimum atomic E-state index is -0.409. The summed E-state index contributed by atoms with van der Waals surface area (Å²) in [6.45, 7) is 4.11. The summed E-state index contributed by atoms with van der Waals surface area (Å²) in [6.07, 6.45) is 0. The minimum absolute atomic E-state index is 0.0828. The Balaban J connectivity index is 3.01. The van der Waals surface area contributed by atoms with Gasteiger partial charge in [-0.1, -0.05) is 0 Å². The van der Waals surface area contributed by atoms with Gasteiger partial charge in [0.15, 0.2) is 0 Å². The summed E-state index contributed by atoms with van der Waals surface area (Å²) < 4.78 is 0.719. The molecular weight excluding hydrogens is 274 g/mol. The molecule has 2 N–H and O–H groups in total. The number of likely N-dealkylation sites (N-methyl/N-ethyl adjacent to an activating group) is 1. The van der Waals surface area contributed by atoms with Crippen LogP contribution < -0.4 is 10.6 Å². The summed E-state index contributed by atoms with van der Waals surface area (Å²) in [5.74, 6) is 0. The van der Waals surface area contributed by atoms with E-state index >= 15 is 0 Å². The van der Waals surface area contributed by atoms with Crippen molar-refractivity contribution in [2.24, 2.45) is 5.73 Å². The molecule has 0 saturated heterocycles. The average Bonchev–Trinajstić information content (AvgIpc) is 2.26. The van der Waals surface area contributed by atoms with E-state index in [9.17, 15) is 10.1 Å². The quantitative estimate of drug-likeness (QED) is 0.665. The van der Waals surface area contributed by atoms with Crippen LogP contribution in [0.5, 0.6) is 0 Å². The molecule has 0 aromatic heterocycles. The lowest BCUT2D eigenvalue weighted by molar-refractivity contribution is -0.384. The number of anilines is 1. The van der Waals surface area contributed by atoms with Crippen molar-refractivity contribution in [2.75, 3.05) is 24.5 Å². The molecule has 0 aliphatic rings. The van der Waals surface area contributed by atoms with Crippen molar-refractivity contribution in [2.45, 2.75) is 6.92 Å². The third kappa shape index (κ3) is 2.93. The van der Waals surface area contributed by atoms with Gasteiger partial charge in [-0.2, -0.15) is 0 Å². The van der Waals surface area contributed by atoms with Crippen LogP contribution in [0.2, 0.25) is 0 Å². The molecule has 0 bridgehead atoms. The van der Waals surface area contributed by atoms with Crippen LogP contribution in [0.25, 0.3) is 0 Å². The molecule has 1 aromatic carbocycles. The third-order valence-electron chi connectivity index (χ3n) is 2.26. The second-order valence-corrected chi connectivity index (χ2v) is 4.12. The van der Waals surface area contributed by atoms with Gasteiger partial charge in [0.05, 0.1) is 10.6 Å². The predicted molar refractivity (Wildman–Crippen MR) is 67.7 cm³/mol. The van der Waals surface area contributed by atoms with Crippen molar-refractivity contribution < 1.29 is 4.92 Å². The van der Waals surface area contributed by atoms with Gasteiger partial charge in [-0.15, -0.1) is 0 Å². The molecule has 0 unspecified atom stereocenters. The van der Waals surface area contributed by atoms with Gasteiger partial charge in [0.2, 0.25) is 0 Å². The first-order valence-corrected chi connectivity index (χ1v) is 5.78. The lowest BCUT2D eigenvalue weighted by Gasteiger charge is -2.23. The van der Waals surface area contributed by atoms with Gasteiger partial charge in [0.1, 0.15) is 0 Å². The zero-order chi connectivity index (χ0) is 12.1. The third-order valence-corrected chi connectivity index (χ3v) is 2.90. The number of nitrogens with zero attached hydrogens (tertiary/aromatic N) is 2. The summed E-state index contributed by atoms with van der Waals surface area (Å²) in [5, 5.41) is 10.6. The number of nitro benzene ring substituents is 1. The fraction of sp³-hybridized carbons (Fsp3) is 0.400. The summed E-state index contributed by atoms with van der Waals surface area (Å²) in [5.41, 5.74) is 6.52. The van der Waals surface area contributed by atoms with E-state index in [1.165, 1.54) is 12.1 Å². The Morgan fingerprint density at radius 3 is 2.69 bits per heavy atom. The van der Waals surface area contributed by atoms with E-state index in [1.807, 2.05) is 6.92 Å². The highest BCUT2D eigenvalue weighted by Crippen LogP contribution is 2.29. The van der Waals surface area contributed by atoms with E-state index in [0.29, 0.717) is 6.54 Å². The van der Waals surface area contributed by atoms with Gasteiger partial charge < -0.3 is 10.6 Å². The minimum Gasteiger partial charge on any atom is -0.370 e. The van der Waals surface area contributed by atoms with Gasteiger partial charge in [0.25, 0.3) is 5.69 Å². The number of nitro groups is 1. The maximum Gasteiger partial charge on any atom is 0.270 e. The van der Waals surface area contributed by atoms with E-state index in [-0.39, 0.29) is 5.69 Å². The lowest BCUT2D eigenvalue weighted by atomic mass is 10.2. The fourth-order valence-electron chi connectivity index (χ4n) is 1.47. The lowest BCUT2D eigenvalue weighted by Crippen LogP contribution is -2.29. The second kappa shape index (κ2) is 5.81. The number of halogens is 1. The highest BCUT2D eigenvalue weighted by molar-refractivity contribution is 9.10. The van der Waals surface area contributed by atoms with E-state index in [2.05, 4.69) is 20.8 Å². The van der Waals surface area contributed by atoms with Crippen molar-refractivity contribution in [3.05, 3.63) is 32.8 Å². The number of nitrogens with two attached hydrogens (primary N) is 1. The summed E-state index contributed by atoms with van der Waals surface area (Å²) in [7, 11) is 0. The molecule has 0 aliphatic heterocycles. The Bertz CT molecular complexity index is 384. The van der Waals surface area contributed by atoms with Crippen LogP contribution in [0.4, 0.5) is 11.4 Å². The monoisotopic (exact) mass is 287 g/mol. The average molecular weight is 288 g/mol. The SMILES string of the molecule is CCN(CCN)c1ccc([N+](=O)[O-])cc1Br.